The molecule has 0 aliphatic heterocycles. The van der Waals surface area contributed by atoms with Gasteiger partial charge in [0.1, 0.15) is 6.10 Å². The molecule has 0 saturated carbocycles. The number of carbonyl (C=O) groups is 2. The van der Waals surface area contributed by atoms with E-state index in [0.29, 0.717) is 12.0 Å². The summed E-state index contributed by atoms with van der Waals surface area (Å²) in [5.74, 6) is -0.752. The molecule has 0 fully saturated rings. The van der Waals surface area contributed by atoms with Gasteiger partial charge in [-0.2, -0.15) is 0 Å². The monoisotopic (exact) mass is 306 g/mol. The van der Waals surface area contributed by atoms with E-state index in [-0.39, 0.29) is 23.9 Å². The van der Waals surface area contributed by atoms with Crippen molar-refractivity contribution < 1.29 is 19.1 Å². The molecule has 1 atom stereocenters. The molecule has 0 N–H and O–H groups in total. The molecule has 0 bridgehead atoms. The third kappa shape index (κ3) is 7.25. The average molecular weight is 306 g/mol. The van der Waals surface area contributed by atoms with Crippen LogP contribution in [0, 0.1) is 5.41 Å². The van der Waals surface area contributed by atoms with Gasteiger partial charge in [0, 0.05) is 0 Å². The first-order chi connectivity index (χ1) is 10.2. The largest absolute Gasteiger partial charge is 0.463 e. The molecule has 0 aliphatic rings. The first-order valence-corrected chi connectivity index (χ1v) is 7.63. The van der Waals surface area contributed by atoms with Crippen molar-refractivity contribution in [3.8, 4) is 0 Å². The molecule has 1 rings (SSSR count). The van der Waals surface area contributed by atoms with Gasteiger partial charge >= 0.3 is 11.9 Å². The van der Waals surface area contributed by atoms with Gasteiger partial charge in [-0.1, -0.05) is 39.0 Å². The fourth-order valence-corrected chi connectivity index (χ4v) is 2.13. The predicted octanol–water partition coefficient (Wildman–Crippen LogP) is 3.99. The van der Waals surface area contributed by atoms with Crippen LogP contribution < -0.4 is 0 Å². The van der Waals surface area contributed by atoms with E-state index >= 15 is 0 Å². The Morgan fingerprint density at radius 1 is 1.05 bits per heavy atom. The quantitative estimate of drug-likeness (QED) is 0.746. The molecular weight excluding hydrogens is 280 g/mol. The lowest BCUT2D eigenvalue weighted by molar-refractivity contribution is -0.150. The Morgan fingerprint density at radius 3 is 2.14 bits per heavy atom. The smallest absolute Gasteiger partial charge is 0.338 e. The van der Waals surface area contributed by atoms with Crippen molar-refractivity contribution in [2.75, 3.05) is 0 Å². The van der Waals surface area contributed by atoms with Crippen LogP contribution in [0.4, 0.5) is 0 Å². The topological polar surface area (TPSA) is 52.6 Å². The number of hydrogen-bond donors (Lipinski definition) is 0. The van der Waals surface area contributed by atoms with Crippen molar-refractivity contribution in [3.05, 3.63) is 35.9 Å². The van der Waals surface area contributed by atoms with Gasteiger partial charge in [0.05, 0.1) is 18.1 Å². The summed E-state index contributed by atoms with van der Waals surface area (Å²) in [5, 5.41) is 0. The normalized spacial score (nSPS) is 12.8. The lowest BCUT2D eigenvalue weighted by Crippen LogP contribution is -2.28. The van der Waals surface area contributed by atoms with Crippen LogP contribution in [0.15, 0.2) is 30.3 Å². The van der Waals surface area contributed by atoms with Crippen LogP contribution in [-0.2, 0) is 14.3 Å². The molecule has 0 aliphatic carbocycles. The molecule has 1 unspecified atom stereocenters. The molecule has 0 spiro atoms. The third-order valence-corrected chi connectivity index (χ3v) is 2.88. The minimum atomic E-state index is -0.487. The second kappa shape index (κ2) is 7.97. The number of ether oxygens (including phenoxy) is 2. The molecule has 0 aromatic heterocycles. The summed E-state index contributed by atoms with van der Waals surface area (Å²) in [6.45, 7) is 9.73. The highest BCUT2D eigenvalue weighted by Gasteiger charge is 2.26. The van der Waals surface area contributed by atoms with E-state index in [1.54, 1.807) is 38.1 Å². The van der Waals surface area contributed by atoms with Gasteiger partial charge in [-0.05, 0) is 37.8 Å². The van der Waals surface area contributed by atoms with E-state index in [1.807, 2.05) is 26.8 Å². The number of esters is 2. The van der Waals surface area contributed by atoms with Crippen LogP contribution in [-0.4, -0.2) is 24.1 Å². The molecule has 122 valence electrons. The lowest BCUT2D eigenvalue weighted by Gasteiger charge is -2.25. The molecule has 0 amide bonds. The third-order valence-electron chi connectivity index (χ3n) is 2.88. The molecule has 4 heteroatoms. The maximum atomic E-state index is 12.2. The Balaban J connectivity index is 2.73. The summed E-state index contributed by atoms with van der Waals surface area (Å²) < 4.78 is 10.7. The summed E-state index contributed by atoms with van der Waals surface area (Å²) in [7, 11) is 0. The van der Waals surface area contributed by atoms with Crippen LogP contribution in [0.3, 0.4) is 0 Å². The highest BCUT2D eigenvalue weighted by molar-refractivity contribution is 5.89. The van der Waals surface area contributed by atoms with Crippen LogP contribution in [0.25, 0.3) is 0 Å². The van der Waals surface area contributed by atoms with Gasteiger partial charge in [0.25, 0.3) is 0 Å². The Bertz CT molecular complexity index is 486. The van der Waals surface area contributed by atoms with Crippen molar-refractivity contribution >= 4 is 11.9 Å². The first-order valence-electron chi connectivity index (χ1n) is 7.63. The summed E-state index contributed by atoms with van der Waals surface area (Å²) in [4.78, 5) is 24.0. The number of rotatable bonds is 6. The van der Waals surface area contributed by atoms with E-state index in [2.05, 4.69) is 0 Å². The maximum Gasteiger partial charge on any atom is 0.338 e. The van der Waals surface area contributed by atoms with Crippen LogP contribution in [0.1, 0.15) is 57.8 Å². The molecule has 0 saturated heterocycles. The van der Waals surface area contributed by atoms with Crippen molar-refractivity contribution in [2.24, 2.45) is 5.41 Å². The average Bonchev–Trinajstić information content (AvgIpc) is 2.36. The Labute approximate surface area is 132 Å². The van der Waals surface area contributed by atoms with Crippen molar-refractivity contribution in [1.82, 2.24) is 0 Å². The molecular formula is C18H26O4. The lowest BCUT2D eigenvalue weighted by atomic mass is 9.88. The van der Waals surface area contributed by atoms with E-state index in [9.17, 15) is 9.59 Å². The van der Waals surface area contributed by atoms with E-state index in [0.717, 1.165) is 0 Å². The minimum Gasteiger partial charge on any atom is -0.463 e. The highest BCUT2D eigenvalue weighted by atomic mass is 16.6. The standard InChI is InChI=1S/C18H26O4/c1-13(2)21-16(19)11-15(12-18(3,4)5)22-17(20)14-9-7-6-8-10-14/h6-10,13,15H,11-12H2,1-5H3. The molecule has 0 heterocycles. The van der Waals surface area contributed by atoms with E-state index in [4.69, 9.17) is 9.47 Å². The zero-order chi connectivity index (χ0) is 16.8. The summed E-state index contributed by atoms with van der Waals surface area (Å²) in [6.07, 6.45) is 0.0128. The molecule has 22 heavy (non-hydrogen) atoms. The van der Waals surface area contributed by atoms with Crippen molar-refractivity contribution in [2.45, 2.75) is 59.7 Å². The van der Waals surface area contributed by atoms with Gasteiger partial charge < -0.3 is 9.47 Å². The Morgan fingerprint density at radius 2 is 1.64 bits per heavy atom. The summed E-state index contributed by atoms with van der Waals surface area (Å²) in [5.41, 5.74) is 0.429. The number of carbonyl (C=O) groups excluding carboxylic acids is 2. The fourth-order valence-electron chi connectivity index (χ4n) is 2.13. The highest BCUT2D eigenvalue weighted by Crippen LogP contribution is 2.25. The Hall–Kier alpha value is -1.84. The van der Waals surface area contributed by atoms with E-state index in [1.165, 1.54) is 0 Å². The second-order valence-electron chi connectivity index (χ2n) is 6.90. The van der Waals surface area contributed by atoms with Gasteiger partial charge in [0.2, 0.25) is 0 Å². The number of benzene rings is 1. The second-order valence-corrected chi connectivity index (χ2v) is 6.90. The summed E-state index contributed by atoms with van der Waals surface area (Å²) in [6, 6.07) is 8.79. The molecule has 4 nitrogen and oxygen atoms in total. The van der Waals surface area contributed by atoms with Crippen LogP contribution >= 0.6 is 0 Å². The van der Waals surface area contributed by atoms with Crippen LogP contribution in [0.2, 0.25) is 0 Å². The van der Waals surface area contributed by atoms with E-state index < -0.39 is 12.1 Å². The molecule has 1 aromatic carbocycles. The molecule has 0 radical (unpaired) electrons. The SMILES string of the molecule is CC(C)OC(=O)CC(CC(C)(C)C)OC(=O)c1ccccc1. The minimum absolute atomic E-state index is 0.0558. The van der Waals surface area contributed by atoms with Gasteiger partial charge in [0.15, 0.2) is 0 Å². The van der Waals surface area contributed by atoms with Gasteiger partial charge in [-0.25, -0.2) is 4.79 Å². The summed E-state index contributed by atoms with van der Waals surface area (Å²) >= 11 is 0. The van der Waals surface area contributed by atoms with Gasteiger partial charge in [-0.15, -0.1) is 0 Å². The zero-order valence-corrected chi connectivity index (χ0v) is 14.1. The molecule has 1 aromatic rings. The van der Waals surface area contributed by atoms with Crippen molar-refractivity contribution in [1.29, 1.82) is 0 Å². The van der Waals surface area contributed by atoms with Crippen LogP contribution in [0.5, 0.6) is 0 Å². The Kier molecular flexibility index (Phi) is 6.60. The van der Waals surface area contributed by atoms with Crippen molar-refractivity contribution in [3.63, 3.8) is 0 Å². The fraction of sp³-hybridized carbons (Fsp3) is 0.556. The maximum absolute atomic E-state index is 12.2. The first kappa shape index (κ1) is 18.2. The predicted molar refractivity (Wildman–Crippen MR) is 85.6 cm³/mol. The number of hydrogen-bond acceptors (Lipinski definition) is 4. The van der Waals surface area contributed by atoms with Gasteiger partial charge in [-0.3, -0.25) is 4.79 Å². The zero-order valence-electron chi connectivity index (χ0n) is 14.1.